The third-order valence-corrected chi connectivity index (χ3v) is 6.28. The van der Waals surface area contributed by atoms with E-state index in [0.29, 0.717) is 29.5 Å². The minimum atomic E-state index is -3.65. The first-order valence-electron chi connectivity index (χ1n) is 8.45. The fourth-order valence-corrected chi connectivity index (χ4v) is 4.24. The summed E-state index contributed by atoms with van der Waals surface area (Å²) in [6.45, 7) is 4.29. The molecule has 0 aliphatic carbocycles. The lowest BCUT2D eigenvalue weighted by molar-refractivity contribution is 0.102. The summed E-state index contributed by atoms with van der Waals surface area (Å²) in [5, 5.41) is 3.13. The Morgan fingerprint density at radius 2 is 1.81 bits per heavy atom. The van der Waals surface area contributed by atoms with E-state index in [1.807, 2.05) is 0 Å². The van der Waals surface area contributed by atoms with E-state index >= 15 is 0 Å². The Morgan fingerprint density at radius 3 is 2.37 bits per heavy atom. The number of hydrogen-bond donors (Lipinski definition) is 1. The van der Waals surface area contributed by atoms with Crippen LogP contribution < -0.4 is 10.2 Å². The highest BCUT2D eigenvalue weighted by Crippen LogP contribution is 2.29. The number of aromatic nitrogens is 1. The lowest BCUT2D eigenvalue weighted by Crippen LogP contribution is -2.30. The average molecular weight is 411 g/mol. The molecule has 0 saturated carbocycles. The maximum absolute atomic E-state index is 12.8. The Hall–Kier alpha value is -2.16. The van der Waals surface area contributed by atoms with Crippen LogP contribution in [0.3, 0.4) is 0 Å². The van der Waals surface area contributed by atoms with Gasteiger partial charge in [-0.05, 0) is 30.3 Å². The van der Waals surface area contributed by atoms with E-state index < -0.39 is 15.9 Å². The van der Waals surface area contributed by atoms with Gasteiger partial charge in [-0.2, -0.15) is 4.31 Å². The summed E-state index contributed by atoms with van der Waals surface area (Å²) in [4.78, 5) is 18.4. The summed E-state index contributed by atoms with van der Waals surface area (Å²) in [6.07, 6.45) is 1.44. The maximum atomic E-state index is 12.8. The molecule has 1 aromatic heterocycles. The summed E-state index contributed by atoms with van der Waals surface area (Å²) in [5.74, 6) is -0.474. The minimum Gasteiger partial charge on any atom is -0.376 e. The van der Waals surface area contributed by atoms with Crippen LogP contribution in [-0.4, -0.2) is 50.8 Å². The molecule has 0 atom stereocenters. The Labute approximate surface area is 165 Å². The number of halogens is 1. The van der Waals surface area contributed by atoms with Gasteiger partial charge in [0.25, 0.3) is 5.91 Å². The van der Waals surface area contributed by atoms with Crippen LogP contribution in [-0.2, 0) is 10.0 Å². The molecule has 7 nitrogen and oxygen atoms in total. The molecule has 1 amide bonds. The first kappa shape index (κ1) is 21.1. The molecule has 146 valence electrons. The molecule has 27 heavy (non-hydrogen) atoms. The van der Waals surface area contributed by atoms with Crippen molar-refractivity contribution in [2.45, 2.75) is 18.7 Å². The van der Waals surface area contributed by atoms with Crippen molar-refractivity contribution >= 4 is 38.9 Å². The zero-order chi connectivity index (χ0) is 20.2. The molecule has 1 heterocycles. The highest BCUT2D eigenvalue weighted by molar-refractivity contribution is 7.89. The van der Waals surface area contributed by atoms with Gasteiger partial charge in [0, 0.05) is 38.4 Å². The average Bonchev–Trinajstić information content (AvgIpc) is 2.62. The van der Waals surface area contributed by atoms with Crippen molar-refractivity contribution in [3.63, 3.8) is 0 Å². The second-order valence-corrected chi connectivity index (χ2v) is 8.35. The molecule has 0 aliphatic heterocycles. The molecule has 0 spiro atoms. The van der Waals surface area contributed by atoms with Crippen LogP contribution in [0.15, 0.2) is 41.4 Å². The quantitative estimate of drug-likeness (QED) is 0.758. The van der Waals surface area contributed by atoms with E-state index in [1.165, 1.54) is 28.7 Å². The van der Waals surface area contributed by atoms with E-state index in [9.17, 15) is 13.2 Å². The SMILES string of the molecule is CCN(CC)S(=O)(=O)c1ccc(N(C)C)c(NC(=O)c2cc(Cl)ccn2)c1. The van der Waals surface area contributed by atoms with Crippen LogP contribution in [0.2, 0.25) is 5.02 Å². The van der Waals surface area contributed by atoms with E-state index in [4.69, 9.17) is 11.6 Å². The first-order chi connectivity index (χ1) is 12.7. The van der Waals surface area contributed by atoms with Gasteiger partial charge in [-0.1, -0.05) is 25.4 Å². The summed E-state index contributed by atoms with van der Waals surface area (Å²) in [7, 11) is -0.0331. The number of rotatable bonds is 7. The number of carbonyl (C=O) groups is 1. The van der Waals surface area contributed by atoms with Crippen molar-refractivity contribution in [2.24, 2.45) is 0 Å². The smallest absolute Gasteiger partial charge is 0.274 e. The number of anilines is 2. The largest absolute Gasteiger partial charge is 0.376 e. The Bertz CT molecular complexity index is 928. The predicted octanol–water partition coefficient (Wildman–Crippen LogP) is 3.08. The Balaban J connectivity index is 2.46. The van der Waals surface area contributed by atoms with Crippen molar-refractivity contribution < 1.29 is 13.2 Å². The van der Waals surface area contributed by atoms with E-state index in [0.717, 1.165) is 0 Å². The zero-order valence-electron chi connectivity index (χ0n) is 15.7. The Kier molecular flexibility index (Phi) is 6.80. The Morgan fingerprint density at radius 1 is 1.15 bits per heavy atom. The topological polar surface area (TPSA) is 82.6 Å². The number of nitrogens with zero attached hydrogens (tertiary/aromatic N) is 3. The lowest BCUT2D eigenvalue weighted by atomic mass is 10.2. The third-order valence-electron chi connectivity index (χ3n) is 4.00. The molecular formula is C18H23ClN4O3S. The number of pyridine rings is 1. The first-order valence-corrected chi connectivity index (χ1v) is 10.3. The monoisotopic (exact) mass is 410 g/mol. The summed E-state index contributed by atoms with van der Waals surface area (Å²) >= 11 is 5.91. The predicted molar refractivity (Wildman–Crippen MR) is 108 cm³/mol. The zero-order valence-corrected chi connectivity index (χ0v) is 17.3. The summed E-state index contributed by atoms with van der Waals surface area (Å²) in [5.41, 5.74) is 1.19. The number of carbonyl (C=O) groups excluding carboxylic acids is 1. The van der Waals surface area contributed by atoms with Crippen molar-refractivity contribution in [1.82, 2.24) is 9.29 Å². The van der Waals surface area contributed by atoms with Gasteiger partial charge in [0.1, 0.15) is 5.69 Å². The third kappa shape index (κ3) is 4.77. The van der Waals surface area contributed by atoms with Crippen molar-refractivity contribution in [3.8, 4) is 0 Å². The van der Waals surface area contributed by atoms with Gasteiger partial charge in [-0.15, -0.1) is 0 Å². The number of sulfonamides is 1. The molecule has 0 saturated heterocycles. The fraction of sp³-hybridized carbons (Fsp3) is 0.333. The molecule has 1 N–H and O–H groups in total. The number of hydrogen-bond acceptors (Lipinski definition) is 5. The van der Waals surface area contributed by atoms with Gasteiger partial charge >= 0.3 is 0 Å². The second-order valence-electron chi connectivity index (χ2n) is 5.98. The van der Waals surface area contributed by atoms with Gasteiger partial charge in [0.05, 0.1) is 16.3 Å². The molecule has 0 bridgehead atoms. The summed E-state index contributed by atoms with van der Waals surface area (Å²) < 4.78 is 27.0. The molecule has 2 rings (SSSR count). The van der Waals surface area contributed by atoms with Crippen LogP contribution in [0.4, 0.5) is 11.4 Å². The maximum Gasteiger partial charge on any atom is 0.274 e. The van der Waals surface area contributed by atoms with E-state index in [2.05, 4.69) is 10.3 Å². The molecule has 2 aromatic rings. The lowest BCUT2D eigenvalue weighted by Gasteiger charge is -2.22. The van der Waals surface area contributed by atoms with Crippen molar-refractivity contribution in [2.75, 3.05) is 37.4 Å². The van der Waals surface area contributed by atoms with Gasteiger partial charge in [0.2, 0.25) is 10.0 Å². The summed E-state index contributed by atoms with van der Waals surface area (Å²) in [6, 6.07) is 7.68. The fourth-order valence-electron chi connectivity index (χ4n) is 2.59. The van der Waals surface area contributed by atoms with Crippen LogP contribution in [0.1, 0.15) is 24.3 Å². The normalized spacial score (nSPS) is 11.5. The van der Waals surface area contributed by atoms with Crippen molar-refractivity contribution in [3.05, 3.63) is 47.2 Å². The van der Waals surface area contributed by atoms with Gasteiger partial charge in [-0.3, -0.25) is 9.78 Å². The van der Waals surface area contributed by atoms with Gasteiger partial charge in [-0.25, -0.2) is 8.42 Å². The van der Waals surface area contributed by atoms with E-state index in [-0.39, 0.29) is 10.6 Å². The highest BCUT2D eigenvalue weighted by Gasteiger charge is 2.23. The number of nitrogens with one attached hydrogen (secondary N) is 1. The minimum absolute atomic E-state index is 0.117. The molecule has 1 aromatic carbocycles. The van der Waals surface area contributed by atoms with Crippen molar-refractivity contribution in [1.29, 1.82) is 0 Å². The van der Waals surface area contributed by atoms with Gasteiger partial charge < -0.3 is 10.2 Å². The molecule has 0 aliphatic rings. The van der Waals surface area contributed by atoms with Crippen LogP contribution in [0, 0.1) is 0 Å². The number of benzene rings is 1. The van der Waals surface area contributed by atoms with Crippen LogP contribution in [0.25, 0.3) is 0 Å². The van der Waals surface area contributed by atoms with Crippen LogP contribution >= 0.6 is 11.6 Å². The van der Waals surface area contributed by atoms with Gasteiger partial charge in [0.15, 0.2) is 0 Å². The van der Waals surface area contributed by atoms with Crippen LogP contribution in [0.5, 0.6) is 0 Å². The molecular weight excluding hydrogens is 388 g/mol. The molecule has 0 unspecified atom stereocenters. The van der Waals surface area contributed by atoms with E-state index in [1.54, 1.807) is 45.0 Å². The number of amides is 1. The second kappa shape index (κ2) is 8.69. The highest BCUT2D eigenvalue weighted by atomic mass is 35.5. The molecule has 0 fully saturated rings. The molecule has 9 heteroatoms. The molecule has 0 radical (unpaired) electrons. The standard InChI is InChI=1S/C18H23ClN4O3S/c1-5-23(6-2)27(25,26)14-7-8-17(22(3)4)15(12-14)21-18(24)16-11-13(19)9-10-20-16/h7-12H,5-6H2,1-4H3,(H,21,24).